The summed E-state index contributed by atoms with van der Waals surface area (Å²) in [4.78, 5) is 66.4. The summed E-state index contributed by atoms with van der Waals surface area (Å²) in [5, 5.41) is 8.64. The van der Waals surface area contributed by atoms with Gasteiger partial charge in [0.05, 0.1) is 28.2 Å². The summed E-state index contributed by atoms with van der Waals surface area (Å²) in [5.41, 5.74) is 12.0. The van der Waals surface area contributed by atoms with E-state index in [1.807, 2.05) is 36.4 Å². The first-order valence-electron chi connectivity index (χ1n) is 18.8. The molecule has 0 saturated carbocycles. The van der Waals surface area contributed by atoms with Gasteiger partial charge in [-0.1, -0.05) is 30.3 Å². The molecule has 15 heteroatoms. The Balaban J connectivity index is 1.03. The zero-order valence-corrected chi connectivity index (χ0v) is 34.2. The molecule has 0 fully saturated rings. The smallest absolute Gasteiger partial charge is 0.272 e. The van der Waals surface area contributed by atoms with Crippen molar-refractivity contribution < 1.29 is 28.7 Å². The summed E-state index contributed by atoms with van der Waals surface area (Å²) in [6.07, 6.45) is 5.27. The van der Waals surface area contributed by atoms with E-state index in [2.05, 4.69) is 22.9 Å². The van der Waals surface area contributed by atoms with Crippen molar-refractivity contribution in [3.63, 3.8) is 0 Å². The second-order valence-corrected chi connectivity index (χ2v) is 15.9. The first kappa shape index (κ1) is 40.1. The Hall–Kier alpha value is -6.12. The van der Waals surface area contributed by atoms with Gasteiger partial charge in [-0.15, -0.1) is 22.9 Å². The van der Waals surface area contributed by atoms with Crippen LogP contribution in [0.15, 0.2) is 78.6 Å². The lowest BCUT2D eigenvalue weighted by atomic mass is 9.97. The second-order valence-electron chi connectivity index (χ2n) is 14.7. The number of ether oxygens (including phenoxy) is 1. The largest absolute Gasteiger partial charge is 0.487 e. The number of ketones is 1. The number of benzene rings is 2. The molecule has 1 aliphatic rings. The molecule has 5 heterocycles. The van der Waals surface area contributed by atoms with E-state index in [1.54, 1.807) is 81.8 Å². The number of nitrogens with zero attached hydrogens (tertiary/aromatic N) is 4. The SMILES string of the molecule is Cc1csc2c(OCc3ccccc3)cc3c(c12)[C@@H](CCl)CN3C(=O)Cc1cc(C(=O)Cc2cc(C(=O)Nc3cc(C(=O)NCCC(N)=O)n(C)c3)n(C)c2)n(C)c1. The summed E-state index contributed by atoms with van der Waals surface area (Å²) in [5.74, 6) is -0.570. The van der Waals surface area contributed by atoms with E-state index >= 15 is 0 Å². The number of hydrogen-bond donors (Lipinski definition) is 3. The molecule has 300 valence electrons. The minimum absolute atomic E-state index is 0.0133. The molecule has 6 aromatic rings. The number of aromatic nitrogens is 3. The van der Waals surface area contributed by atoms with Crippen LogP contribution in [-0.4, -0.2) is 62.1 Å². The maximum atomic E-state index is 14.1. The Morgan fingerprint density at radius 3 is 2.26 bits per heavy atom. The first-order valence-corrected chi connectivity index (χ1v) is 20.2. The van der Waals surface area contributed by atoms with Crippen LogP contribution in [0, 0.1) is 6.92 Å². The lowest BCUT2D eigenvalue weighted by Gasteiger charge is -2.19. The molecule has 0 unspecified atom stereocenters. The summed E-state index contributed by atoms with van der Waals surface area (Å²) in [6.45, 7) is 3.02. The molecule has 2 aromatic carbocycles. The lowest BCUT2D eigenvalue weighted by molar-refractivity contribution is -0.118. The van der Waals surface area contributed by atoms with Gasteiger partial charge in [0.15, 0.2) is 5.78 Å². The number of fused-ring (bicyclic) bond motifs is 3. The summed E-state index contributed by atoms with van der Waals surface area (Å²) < 4.78 is 12.4. The van der Waals surface area contributed by atoms with Crippen LogP contribution >= 0.6 is 22.9 Å². The number of alkyl halides is 1. The number of hydrogen-bond acceptors (Lipinski definition) is 7. The van der Waals surface area contributed by atoms with Gasteiger partial charge in [0.1, 0.15) is 23.7 Å². The number of amides is 4. The maximum Gasteiger partial charge on any atom is 0.272 e. The molecule has 1 atom stereocenters. The van der Waals surface area contributed by atoms with Crippen LogP contribution in [-0.2, 0) is 50.2 Å². The van der Waals surface area contributed by atoms with Gasteiger partial charge >= 0.3 is 0 Å². The number of nitrogens with two attached hydrogens (primary N) is 1. The zero-order valence-electron chi connectivity index (χ0n) is 32.6. The highest BCUT2D eigenvalue weighted by Gasteiger charge is 2.36. The topological polar surface area (TPSA) is 163 Å². The quantitative estimate of drug-likeness (QED) is 0.0851. The van der Waals surface area contributed by atoms with Crippen molar-refractivity contribution in [2.45, 2.75) is 38.7 Å². The Bertz CT molecular complexity index is 2570. The van der Waals surface area contributed by atoms with Crippen molar-refractivity contribution in [2.75, 3.05) is 29.2 Å². The molecule has 58 heavy (non-hydrogen) atoms. The van der Waals surface area contributed by atoms with E-state index in [-0.39, 0.29) is 43.4 Å². The molecule has 4 amide bonds. The van der Waals surface area contributed by atoms with Gasteiger partial charge in [-0.05, 0) is 58.3 Å². The predicted molar refractivity (Wildman–Crippen MR) is 225 cm³/mol. The van der Waals surface area contributed by atoms with Gasteiger partial charge in [0, 0.05) is 88.9 Å². The Kier molecular flexibility index (Phi) is 11.6. The van der Waals surface area contributed by atoms with Crippen LogP contribution in [0.25, 0.3) is 10.1 Å². The van der Waals surface area contributed by atoms with Crippen LogP contribution in [0.1, 0.15) is 71.6 Å². The third-order valence-corrected chi connectivity index (χ3v) is 11.8. The number of anilines is 2. The van der Waals surface area contributed by atoms with E-state index in [9.17, 15) is 24.0 Å². The van der Waals surface area contributed by atoms with E-state index in [4.69, 9.17) is 22.1 Å². The minimum Gasteiger partial charge on any atom is -0.487 e. The highest BCUT2D eigenvalue weighted by molar-refractivity contribution is 7.17. The molecule has 0 spiro atoms. The summed E-state index contributed by atoms with van der Waals surface area (Å²) >= 11 is 8.17. The van der Waals surface area contributed by atoms with Gasteiger partial charge < -0.3 is 39.7 Å². The Morgan fingerprint density at radius 2 is 1.53 bits per heavy atom. The van der Waals surface area contributed by atoms with E-state index in [0.717, 1.165) is 38.2 Å². The minimum atomic E-state index is -0.523. The van der Waals surface area contributed by atoms with Gasteiger partial charge in [-0.2, -0.15) is 0 Å². The number of primary amides is 1. The van der Waals surface area contributed by atoms with E-state index in [1.165, 1.54) is 6.07 Å². The Labute approximate surface area is 344 Å². The number of halogens is 1. The molecule has 0 aliphatic carbocycles. The number of thiophene rings is 1. The average Bonchev–Trinajstić information content (AvgIpc) is 4.01. The number of nitrogens with one attached hydrogen (secondary N) is 2. The van der Waals surface area contributed by atoms with Crippen molar-refractivity contribution in [1.29, 1.82) is 0 Å². The second kappa shape index (κ2) is 16.8. The molecule has 4 N–H and O–H groups in total. The summed E-state index contributed by atoms with van der Waals surface area (Å²) in [6, 6.07) is 16.9. The molecule has 1 aliphatic heterocycles. The van der Waals surface area contributed by atoms with Crippen molar-refractivity contribution >= 4 is 73.8 Å². The molecule has 7 rings (SSSR count). The number of Topliss-reactive ketones (excluding diaryl/α,β-unsaturated/α-hetero) is 1. The molecule has 4 aromatic heterocycles. The van der Waals surface area contributed by atoms with E-state index in [0.29, 0.717) is 52.9 Å². The number of carbonyl (C=O) groups is 5. The molecule has 13 nitrogen and oxygen atoms in total. The van der Waals surface area contributed by atoms with Gasteiger partial charge in [-0.25, -0.2) is 0 Å². The fourth-order valence-corrected chi connectivity index (χ4v) is 8.85. The van der Waals surface area contributed by atoms with Crippen LogP contribution in [0.4, 0.5) is 11.4 Å². The fourth-order valence-electron chi connectivity index (χ4n) is 7.56. The third-order valence-electron chi connectivity index (χ3n) is 10.4. The number of aryl methyl sites for hydroxylation is 4. The molecular weight excluding hydrogens is 778 g/mol. The number of rotatable bonds is 15. The normalized spacial score (nSPS) is 13.5. The zero-order chi connectivity index (χ0) is 41.2. The van der Waals surface area contributed by atoms with Crippen LogP contribution in [0.5, 0.6) is 5.75 Å². The summed E-state index contributed by atoms with van der Waals surface area (Å²) in [7, 11) is 5.16. The molecular formula is C43H44ClN7O6S. The maximum absolute atomic E-state index is 14.1. The van der Waals surface area contributed by atoms with Gasteiger partial charge in [0.25, 0.3) is 11.8 Å². The van der Waals surface area contributed by atoms with E-state index < -0.39 is 17.7 Å². The predicted octanol–water partition coefficient (Wildman–Crippen LogP) is 6.00. The molecule has 0 bridgehead atoms. The standard InChI is InChI=1S/C43H44ClN7O6S/c1-25-24-58-41-36(57-23-26-8-6-5-7-9-26)17-32-40(39(25)41)29(18-44)21-51(32)38(54)15-28-12-31(48(2)20-28)35(52)14-27-13-33(49(3)19-27)43(56)47-30-16-34(50(4)22-30)42(55)46-11-10-37(45)53/h5-9,12-13,16-17,19-20,22,24,29H,10-11,14-15,18,21,23H2,1-4H3,(H2,45,53)(H,46,55)(H,47,56)/t29-/m0/s1. The average molecular weight is 822 g/mol. The van der Waals surface area contributed by atoms with Gasteiger partial charge in [-0.3, -0.25) is 24.0 Å². The van der Waals surface area contributed by atoms with Crippen LogP contribution in [0.2, 0.25) is 0 Å². The Morgan fingerprint density at radius 1 is 0.862 bits per heavy atom. The van der Waals surface area contributed by atoms with Crippen molar-refractivity contribution in [2.24, 2.45) is 26.9 Å². The first-order chi connectivity index (χ1) is 27.8. The van der Waals surface area contributed by atoms with Crippen LogP contribution in [0.3, 0.4) is 0 Å². The number of carbonyl (C=O) groups excluding carboxylic acids is 5. The third kappa shape index (κ3) is 8.29. The molecule has 0 saturated heterocycles. The molecule has 0 radical (unpaired) electrons. The highest BCUT2D eigenvalue weighted by atomic mass is 35.5. The van der Waals surface area contributed by atoms with Crippen molar-refractivity contribution in [1.82, 2.24) is 19.0 Å². The van der Waals surface area contributed by atoms with Crippen LogP contribution < -0.4 is 26.0 Å². The monoisotopic (exact) mass is 821 g/mol. The van der Waals surface area contributed by atoms with Crippen molar-refractivity contribution in [3.8, 4) is 5.75 Å². The fraction of sp³-hybridized carbons (Fsp3) is 0.279. The lowest BCUT2D eigenvalue weighted by Crippen LogP contribution is -2.31. The highest BCUT2D eigenvalue weighted by Crippen LogP contribution is 2.49. The van der Waals surface area contributed by atoms with Crippen molar-refractivity contribution in [3.05, 3.63) is 123 Å². The van der Waals surface area contributed by atoms with Gasteiger partial charge in [0.2, 0.25) is 11.8 Å².